The maximum Gasteiger partial charge on any atom is 0.239 e. The highest BCUT2D eigenvalue weighted by Gasteiger charge is 2.33. The van der Waals surface area contributed by atoms with Crippen molar-refractivity contribution in [2.24, 2.45) is 0 Å². The van der Waals surface area contributed by atoms with E-state index in [4.69, 9.17) is 4.74 Å². The molecule has 9 heteroatoms. The lowest BCUT2D eigenvalue weighted by molar-refractivity contribution is -0.142. The number of amides is 2. The molecule has 0 spiro atoms. The van der Waals surface area contributed by atoms with Gasteiger partial charge in [0.2, 0.25) is 11.8 Å². The van der Waals surface area contributed by atoms with Crippen LogP contribution in [0.15, 0.2) is 0 Å². The highest BCUT2D eigenvalue weighted by Crippen LogP contribution is 2.14. The van der Waals surface area contributed by atoms with E-state index in [9.17, 15) is 9.59 Å². The Hall–Kier alpha value is -0.600. The van der Waals surface area contributed by atoms with Crippen molar-refractivity contribution < 1.29 is 14.3 Å². The molecule has 146 valence electrons. The standard InChI is InChI=1S/C16H28N4O3.2ClH/c1-13(15(21)20-9-11-23-12-10-20)18-5-7-19(8-6-18)16(22)14-3-2-4-17-14;;/h13-14,17H,2-12H2,1H3;2*1H. The van der Waals surface area contributed by atoms with Crippen LogP contribution in [0.5, 0.6) is 0 Å². The summed E-state index contributed by atoms with van der Waals surface area (Å²) in [5, 5.41) is 3.27. The number of hydrogen-bond acceptors (Lipinski definition) is 5. The first-order valence-corrected chi connectivity index (χ1v) is 8.79. The van der Waals surface area contributed by atoms with Gasteiger partial charge in [-0.3, -0.25) is 14.5 Å². The molecule has 25 heavy (non-hydrogen) atoms. The van der Waals surface area contributed by atoms with E-state index < -0.39 is 0 Å². The number of ether oxygens (including phenoxy) is 1. The molecule has 0 aromatic carbocycles. The second-order valence-corrected chi connectivity index (χ2v) is 6.62. The van der Waals surface area contributed by atoms with Crippen molar-refractivity contribution in [1.82, 2.24) is 20.0 Å². The van der Waals surface area contributed by atoms with E-state index in [-0.39, 0.29) is 48.7 Å². The molecule has 0 aromatic rings. The van der Waals surface area contributed by atoms with E-state index in [1.54, 1.807) is 0 Å². The van der Waals surface area contributed by atoms with Crippen LogP contribution in [0.4, 0.5) is 0 Å². The molecule has 3 heterocycles. The molecule has 3 saturated heterocycles. The molecule has 1 N–H and O–H groups in total. The van der Waals surface area contributed by atoms with Crippen LogP contribution in [0.2, 0.25) is 0 Å². The molecule has 3 rings (SSSR count). The molecule has 7 nitrogen and oxygen atoms in total. The molecule has 0 aliphatic carbocycles. The Morgan fingerprint density at radius 1 is 1.00 bits per heavy atom. The third-order valence-corrected chi connectivity index (χ3v) is 5.21. The predicted molar refractivity (Wildman–Crippen MR) is 101 cm³/mol. The van der Waals surface area contributed by atoms with Gasteiger partial charge in [-0.15, -0.1) is 24.8 Å². The van der Waals surface area contributed by atoms with Gasteiger partial charge in [0.05, 0.1) is 25.3 Å². The van der Waals surface area contributed by atoms with Crippen LogP contribution < -0.4 is 5.32 Å². The Morgan fingerprint density at radius 3 is 2.20 bits per heavy atom. The fourth-order valence-electron chi connectivity index (χ4n) is 3.65. The summed E-state index contributed by atoms with van der Waals surface area (Å²) in [7, 11) is 0. The van der Waals surface area contributed by atoms with Gasteiger partial charge in [-0.25, -0.2) is 0 Å². The van der Waals surface area contributed by atoms with Crippen LogP contribution in [0, 0.1) is 0 Å². The van der Waals surface area contributed by atoms with Crippen LogP contribution in [0.1, 0.15) is 19.8 Å². The molecule has 0 bridgehead atoms. The summed E-state index contributed by atoms with van der Waals surface area (Å²) < 4.78 is 5.31. The first-order valence-electron chi connectivity index (χ1n) is 8.79. The van der Waals surface area contributed by atoms with Crippen molar-refractivity contribution in [2.45, 2.75) is 31.8 Å². The Bertz CT molecular complexity index is 435. The highest BCUT2D eigenvalue weighted by molar-refractivity contribution is 5.85. The summed E-state index contributed by atoms with van der Waals surface area (Å²) in [6.07, 6.45) is 2.03. The van der Waals surface area contributed by atoms with Gasteiger partial charge in [-0.05, 0) is 26.3 Å². The minimum absolute atomic E-state index is 0. The SMILES string of the molecule is CC(C(=O)N1CCOCC1)N1CCN(C(=O)C2CCCN2)CC1.Cl.Cl. The van der Waals surface area contributed by atoms with Crippen LogP contribution >= 0.6 is 24.8 Å². The Balaban J connectivity index is 0.00000156. The highest BCUT2D eigenvalue weighted by atomic mass is 35.5. The van der Waals surface area contributed by atoms with Crippen LogP contribution in [0.25, 0.3) is 0 Å². The quantitative estimate of drug-likeness (QED) is 0.725. The van der Waals surface area contributed by atoms with Crippen molar-refractivity contribution in [3.05, 3.63) is 0 Å². The van der Waals surface area contributed by atoms with Gasteiger partial charge in [0.15, 0.2) is 0 Å². The second-order valence-electron chi connectivity index (χ2n) is 6.62. The fraction of sp³-hybridized carbons (Fsp3) is 0.875. The predicted octanol–water partition coefficient (Wildman–Crippen LogP) is -0.0265. The summed E-state index contributed by atoms with van der Waals surface area (Å²) in [5.41, 5.74) is 0. The Kier molecular flexibility index (Phi) is 9.45. The first kappa shape index (κ1) is 22.4. The zero-order chi connectivity index (χ0) is 16.2. The number of nitrogens with zero attached hydrogens (tertiary/aromatic N) is 3. The van der Waals surface area contributed by atoms with Gasteiger partial charge in [0.25, 0.3) is 0 Å². The lowest BCUT2D eigenvalue weighted by Gasteiger charge is -2.40. The maximum atomic E-state index is 12.6. The van der Waals surface area contributed by atoms with E-state index in [0.717, 1.165) is 45.6 Å². The summed E-state index contributed by atoms with van der Waals surface area (Å²) in [5.74, 6) is 0.417. The maximum absolute atomic E-state index is 12.6. The summed E-state index contributed by atoms with van der Waals surface area (Å²) in [6.45, 7) is 8.56. The zero-order valence-electron chi connectivity index (χ0n) is 14.8. The molecular formula is C16H30Cl2N4O3. The molecule has 2 unspecified atom stereocenters. The molecular weight excluding hydrogens is 367 g/mol. The lowest BCUT2D eigenvalue weighted by atomic mass is 10.1. The summed E-state index contributed by atoms with van der Waals surface area (Å²) >= 11 is 0. The molecule has 2 amide bonds. The second kappa shape index (κ2) is 10.5. The number of halogens is 2. The number of nitrogens with one attached hydrogen (secondary N) is 1. The molecule has 0 aromatic heterocycles. The van der Waals surface area contributed by atoms with E-state index in [2.05, 4.69) is 10.2 Å². The zero-order valence-corrected chi connectivity index (χ0v) is 16.4. The fourth-order valence-corrected chi connectivity index (χ4v) is 3.65. The average Bonchev–Trinajstić information content (AvgIpc) is 3.15. The first-order chi connectivity index (χ1) is 11.2. The van der Waals surface area contributed by atoms with E-state index in [1.807, 2.05) is 16.7 Å². The van der Waals surface area contributed by atoms with Crippen molar-refractivity contribution in [3.8, 4) is 0 Å². The minimum atomic E-state index is -0.116. The van der Waals surface area contributed by atoms with Crippen molar-refractivity contribution >= 4 is 36.6 Å². The number of carbonyl (C=O) groups is 2. The number of rotatable bonds is 3. The topological polar surface area (TPSA) is 65.1 Å². The summed E-state index contributed by atoms with van der Waals surface area (Å²) in [4.78, 5) is 31.0. The largest absolute Gasteiger partial charge is 0.378 e. The van der Waals surface area contributed by atoms with Gasteiger partial charge in [0, 0.05) is 39.3 Å². The van der Waals surface area contributed by atoms with Gasteiger partial charge in [-0.2, -0.15) is 0 Å². The van der Waals surface area contributed by atoms with E-state index in [1.165, 1.54) is 0 Å². The molecule has 0 radical (unpaired) electrons. The van der Waals surface area contributed by atoms with Gasteiger partial charge in [0.1, 0.15) is 0 Å². The monoisotopic (exact) mass is 396 g/mol. The third-order valence-electron chi connectivity index (χ3n) is 5.21. The Labute approximate surface area is 162 Å². The van der Waals surface area contributed by atoms with Crippen molar-refractivity contribution in [1.29, 1.82) is 0 Å². The molecule has 3 fully saturated rings. The Morgan fingerprint density at radius 2 is 1.64 bits per heavy atom. The van der Waals surface area contributed by atoms with Crippen LogP contribution in [-0.2, 0) is 14.3 Å². The van der Waals surface area contributed by atoms with Crippen LogP contribution in [-0.4, -0.2) is 97.6 Å². The normalized spacial score (nSPS) is 25.7. The average molecular weight is 397 g/mol. The minimum Gasteiger partial charge on any atom is -0.378 e. The van der Waals surface area contributed by atoms with E-state index in [0.29, 0.717) is 26.3 Å². The molecule has 3 aliphatic rings. The van der Waals surface area contributed by atoms with Gasteiger partial charge in [-0.1, -0.05) is 0 Å². The molecule has 0 saturated carbocycles. The number of carbonyl (C=O) groups excluding carboxylic acids is 2. The number of piperazine rings is 1. The number of morpholine rings is 1. The summed E-state index contributed by atoms with van der Waals surface area (Å²) in [6, 6.07) is -0.107. The van der Waals surface area contributed by atoms with Gasteiger partial charge < -0.3 is 19.9 Å². The van der Waals surface area contributed by atoms with Gasteiger partial charge >= 0.3 is 0 Å². The van der Waals surface area contributed by atoms with Crippen LogP contribution in [0.3, 0.4) is 0 Å². The van der Waals surface area contributed by atoms with Crippen molar-refractivity contribution in [3.63, 3.8) is 0 Å². The van der Waals surface area contributed by atoms with Crippen molar-refractivity contribution in [2.75, 3.05) is 59.0 Å². The molecule has 2 atom stereocenters. The lowest BCUT2D eigenvalue weighted by Crippen LogP contribution is -2.58. The number of hydrogen-bond donors (Lipinski definition) is 1. The third kappa shape index (κ3) is 5.44. The smallest absolute Gasteiger partial charge is 0.239 e. The molecule has 3 aliphatic heterocycles. The van der Waals surface area contributed by atoms with E-state index >= 15 is 0 Å².